The van der Waals surface area contributed by atoms with Crippen molar-refractivity contribution in [3.63, 3.8) is 0 Å². The summed E-state index contributed by atoms with van der Waals surface area (Å²) in [6.45, 7) is 3.98. The molecular weight excluding hydrogens is 444 g/mol. The first-order chi connectivity index (χ1) is 17.0. The molecule has 4 rings (SSSR count). The van der Waals surface area contributed by atoms with Crippen molar-refractivity contribution in [3.05, 3.63) is 96.2 Å². The van der Waals surface area contributed by atoms with Gasteiger partial charge in [-0.3, -0.25) is 10.1 Å². The first-order valence-electron chi connectivity index (χ1n) is 11.3. The molecule has 0 fully saturated rings. The number of rotatable bonds is 8. The number of hydrogen-bond donors (Lipinski definition) is 1. The number of aromatic nitrogens is 3. The second-order valence-corrected chi connectivity index (χ2v) is 7.84. The van der Waals surface area contributed by atoms with E-state index in [-0.39, 0.29) is 12.4 Å². The zero-order valence-corrected chi connectivity index (χ0v) is 19.5. The molecule has 0 aliphatic rings. The number of benzene rings is 3. The molecule has 0 aliphatic carbocycles. The van der Waals surface area contributed by atoms with Gasteiger partial charge in [0, 0.05) is 0 Å². The van der Waals surface area contributed by atoms with Gasteiger partial charge >= 0.3 is 12.1 Å². The quantitative estimate of drug-likeness (QED) is 0.349. The summed E-state index contributed by atoms with van der Waals surface area (Å²) in [7, 11) is 0. The Morgan fingerprint density at radius 2 is 1.60 bits per heavy atom. The summed E-state index contributed by atoms with van der Waals surface area (Å²) in [5.74, 6) is 0.159. The van der Waals surface area contributed by atoms with Crippen molar-refractivity contribution < 1.29 is 19.1 Å². The average Bonchev–Trinajstić information content (AvgIpc) is 3.33. The van der Waals surface area contributed by atoms with E-state index in [0.717, 1.165) is 27.9 Å². The lowest BCUT2D eigenvalue weighted by atomic mass is 10.0. The highest BCUT2D eigenvalue weighted by Crippen LogP contribution is 2.23. The lowest BCUT2D eigenvalue weighted by Crippen LogP contribution is -2.18. The highest BCUT2D eigenvalue weighted by Gasteiger charge is 2.15. The van der Waals surface area contributed by atoms with E-state index in [4.69, 9.17) is 9.47 Å². The van der Waals surface area contributed by atoms with Gasteiger partial charge in [-0.2, -0.15) is 4.68 Å². The molecule has 0 saturated carbocycles. The number of carbonyl (C=O) groups is 2. The van der Waals surface area contributed by atoms with E-state index in [2.05, 4.69) is 15.6 Å². The van der Waals surface area contributed by atoms with E-state index in [0.29, 0.717) is 12.4 Å². The Morgan fingerprint density at radius 1 is 0.943 bits per heavy atom. The summed E-state index contributed by atoms with van der Waals surface area (Å²) >= 11 is 0. The molecule has 3 aromatic carbocycles. The van der Waals surface area contributed by atoms with Gasteiger partial charge in [0.1, 0.15) is 6.10 Å². The summed E-state index contributed by atoms with van der Waals surface area (Å²) in [6.07, 6.45) is 0.722. The molecule has 0 bridgehead atoms. The van der Waals surface area contributed by atoms with E-state index in [1.54, 1.807) is 6.92 Å². The van der Waals surface area contributed by atoms with Crippen LogP contribution in [0.3, 0.4) is 0 Å². The molecule has 1 heterocycles. The number of hydrogen-bond acceptors (Lipinski definition) is 6. The predicted octanol–water partition coefficient (Wildman–Crippen LogP) is 5.35. The van der Waals surface area contributed by atoms with Gasteiger partial charge in [-0.1, -0.05) is 71.9 Å². The molecule has 0 radical (unpaired) electrons. The van der Waals surface area contributed by atoms with Crippen molar-refractivity contribution in [2.45, 2.75) is 26.4 Å². The van der Waals surface area contributed by atoms with E-state index < -0.39 is 12.2 Å². The smallest absolute Gasteiger partial charge is 0.413 e. The van der Waals surface area contributed by atoms with Crippen molar-refractivity contribution in [1.29, 1.82) is 0 Å². The Hall–Kier alpha value is -4.46. The lowest BCUT2D eigenvalue weighted by Gasteiger charge is -2.14. The number of nitrogens with one attached hydrogen (secondary N) is 1. The van der Waals surface area contributed by atoms with Crippen LogP contribution in [0.4, 0.5) is 10.6 Å². The molecule has 1 N–H and O–H groups in total. The van der Waals surface area contributed by atoms with Gasteiger partial charge in [0.2, 0.25) is 0 Å². The third kappa shape index (κ3) is 6.11. The minimum Gasteiger partial charge on any atom is -0.466 e. The zero-order valence-electron chi connectivity index (χ0n) is 19.5. The maximum atomic E-state index is 12.4. The van der Waals surface area contributed by atoms with Crippen LogP contribution in [0.15, 0.2) is 85.1 Å². The molecule has 178 valence electrons. The normalized spacial score (nSPS) is 11.5. The van der Waals surface area contributed by atoms with Gasteiger partial charge in [0.15, 0.2) is 5.82 Å². The summed E-state index contributed by atoms with van der Waals surface area (Å²) in [6, 6.07) is 25.0. The minimum absolute atomic E-state index is 0.236. The fraction of sp³-hybridized carbons (Fsp3) is 0.185. The molecule has 1 atom stereocenters. The van der Waals surface area contributed by atoms with E-state index >= 15 is 0 Å². The zero-order chi connectivity index (χ0) is 24.6. The second-order valence-electron chi connectivity index (χ2n) is 7.84. The van der Waals surface area contributed by atoms with Crippen molar-refractivity contribution in [2.75, 3.05) is 11.9 Å². The van der Waals surface area contributed by atoms with Crippen LogP contribution < -0.4 is 5.32 Å². The largest absolute Gasteiger partial charge is 0.466 e. The van der Waals surface area contributed by atoms with Crippen molar-refractivity contribution in [2.24, 2.45) is 0 Å². The molecule has 35 heavy (non-hydrogen) atoms. The topological polar surface area (TPSA) is 95.3 Å². The number of ether oxygens (including phenoxy) is 2. The number of carbonyl (C=O) groups excluding carboxylic acids is 2. The van der Waals surface area contributed by atoms with Crippen LogP contribution >= 0.6 is 0 Å². The van der Waals surface area contributed by atoms with Crippen LogP contribution in [0, 0.1) is 0 Å². The average molecular weight is 471 g/mol. The molecule has 1 aromatic heterocycles. The van der Waals surface area contributed by atoms with E-state index in [9.17, 15) is 9.59 Å². The van der Waals surface area contributed by atoms with Crippen molar-refractivity contribution in [3.8, 4) is 16.8 Å². The molecule has 8 nitrogen and oxygen atoms in total. The Morgan fingerprint density at radius 3 is 2.26 bits per heavy atom. The van der Waals surface area contributed by atoms with E-state index in [1.165, 1.54) is 10.9 Å². The Balaban J connectivity index is 1.41. The SMILES string of the molecule is CCOC(=O)Cc1ccc(-c2ccc(-n3nncc3NC(=O)OC(C)c3ccccc3)cc2)cc1. The van der Waals surface area contributed by atoms with Crippen LogP contribution in [0.5, 0.6) is 0 Å². The van der Waals surface area contributed by atoms with Crippen LogP contribution in [-0.4, -0.2) is 33.7 Å². The van der Waals surface area contributed by atoms with E-state index in [1.807, 2.05) is 85.8 Å². The summed E-state index contributed by atoms with van der Waals surface area (Å²) in [4.78, 5) is 24.1. The first kappa shape index (κ1) is 23.7. The van der Waals surface area contributed by atoms with Crippen LogP contribution in [0.1, 0.15) is 31.1 Å². The van der Waals surface area contributed by atoms with Crippen LogP contribution in [-0.2, 0) is 20.7 Å². The third-order valence-electron chi connectivity index (χ3n) is 5.39. The van der Waals surface area contributed by atoms with Gasteiger partial charge in [-0.25, -0.2) is 4.79 Å². The number of nitrogens with zero attached hydrogens (tertiary/aromatic N) is 3. The highest BCUT2D eigenvalue weighted by molar-refractivity contribution is 5.83. The third-order valence-corrected chi connectivity index (χ3v) is 5.39. The summed E-state index contributed by atoms with van der Waals surface area (Å²) < 4.78 is 12.0. The fourth-order valence-corrected chi connectivity index (χ4v) is 3.59. The monoisotopic (exact) mass is 470 g/mol. The van der Waals surface area contributed by atoms with Crippen LogP contribution in [0.2, 0.25) is 0 Å². The molecule has 1 unspecified atom stereocenters. The first-order valence-corrected chi connectivity index (χ1v) is 11.3. The second kappa shape index (κ2) is 11.1. The number of esters is 1. The van der Waals surface area contributed by atoms with Gasteiger partial charge in [0.05, 0.1) is 24.9 Å². The maximum absolute atomic E-state index is 12.4. The standard InChI is InChI=1S/C27H26N4O4/c1-3-34-26(32)17-20-9-11-22(12-10-20)23-13-15-24(16-14-23)31-25(18-28-30-31)29-27(33)35-19(2)21-7-5-4-6-8-21/h4-16,18-19H,3,17H2,1-2H3,(H,29,33). The Labute approximate surface area is 203 Å². The molecule has 8 heteroatoms. The molecular formula is C27H26N4O4. The molecule has 1 amide bonds. The molecule has 0 spiro atoms. The highest BCUT2D eigenvalue weighted by atomic mass is 16.6. The minimum atomic E-state index is -0.593. The van der Waals surface area contributed by atoms with Crippen LogP contribution in [0.25, 0.3) is 16.8 Å². The molecule has 4 aromatic rings. The van der Waals surface area contributed by atoms with Crippen molar-refractivity contribution in [1.82, 2.24) is 15.0 Å². The fourth-order valence-electron chi connectivity index (χ4n) is 3.59. The molecule has 0 aliphatic heterocycles. The predicted molar refractivity (Wildman–Crippen MR) is 132 cm³/mol. The van der Waals surface area contributed by atoms with Gasteiger partial charge in [0.25, 0.3) is 0 Å². The maximum Gasteiger partial charge on any atom is 0.413 e. The van der Waals surface area contributed by atoms with Gasteiger partial charge in [-0.15, -0.1) is 5.10 Å². The summed E-state index contributed by atoms with van der Waals surface area (Å²) in [5.41, 5.74) is 4.55. The van der Waals surface area contributed by atoms with Gasteiger partial charge < -0.3 is 9.47 Å². The summed E-state index contributed by atoms with van der Waals surface area (Å²) in [5, 5.41) is 10.7. The molecule has 0 saturated heterocycles. The number of anilines is 1. The van der Waals surface area contributed by atoms with Crippen molar-refractivity contribution >= 4 is 17.9 Å². The van der Waals surface area contributed by atoms with Gasteiger partial charge in [-0.05, 0) is 48.2 Å². The lowest BCUT2D eigenvalue weighted by molar-refractivity contribution is -0.142. The number of amides is 1. The Bertz CT molecular complexity index is 1270. The Kier molecular flexibility index (Phi) is 7.52.